The number of rotatable bonds is 8. The molecule has 38 heavy (non-hydrogen) atoms. The molecule has 3 aromatic rings. The predicted octanol–water partition coefficient (Wildman–Crippen LogP) is 5.02. The van der Waals surface area contributed by atoms with Crippen molar-refractivity contribution in [2.75, 3.05) is 45.3 Å². The lowest BCUT2D eigenvalue weighted by Crippen LogP contribution is -2.49. The summed E-state index contributed by atoms with van der Waals surface area (Å²) in [5, 5.41) is 0. The fraction of sp³-hybridized carbons (Fsp3) is 0.355. The number of imide groups is 1. The standard InChI is InChI=1S/C31H35N3O4/c1-21(2)29(23-9-6-5-7-10-23)33-17-15-32(16-18-33)25-12-8-11-24-28(25)31(36)34(30(24)35)20-22-13-14-26(37-3)27(19-22)38-4/h5-14,19,21,29H,15-18,20H2,1-4H3. The number of carbonyl (C=O) groups is 2. The molecule has 3 aromatic carbocycles. The van der Waals surface area contributed by atoms with E-state index >= 15 is 0 Å². The zero-order valence-electron chi connectivity index (χ0n) is 22.5. The quantitative estimate of drug-likeness (QED) is 0.394. The molecule has 1 atom stereocenters. The Hall–Kier alpha value is -3.84. The molecular weight excluding hydrogens is 478 g/mol. The molecule has 0 bridgehead atoms. The van der Waals surface area contributed by atoms with Crippen LogP contribution < -0.4 is 14.4 Å². The summed E-state index contributed by atoms with van der Waals surface area (Å²) < 4.78 is 10.7. The molecule has 0 aromatic heterocycles. The van der Waals surface area contributed by atoms with Gasteiger partial charge in [0.2, 0.25) is 0 Å². The second-order valence-corrected chi connectivity index (χ2v) is 10.2. The SMILES string of the molecule is COc1ccc(CN2C(=O)c3cccc(N4CCN(C(c5ccccc5)C(C)C)CC4)c3C2=O)cc1OC. The minimum Gasteiger partial charge on any atom is -0.493 e. The van der Waals surface area contributed by atoms with E-state index in [1.165, 1.54) is 10.5 Å². The molecule has 0 radical (unpaired) electrons. The lowest BCUT2D eigenvalue weighted by atomic mass is 9.93. The van der Waals surface area contributed by atoms with Gasteiger partial charge in [-0.05, 0) is 41.3 Å². The van der Waals surface area contributed by atoms with Crippen LogP contribution in [0.5, 0.6) is 11.5 Å². The van der Waals surface area contributed by atoms with Crippen molar-refractivity contribution in [2.24, 2.45) is 5.92 Å². The van der Waals surface area contributed by atoms with Gasteiger partial charge in [0, 0.05) is 32.2 Å². The van der Waals surface area contributed by atoms with Gasteiger partial charge in [-0.1, -0.05) is 56.3 Å². The molecule has 7 nitrogen and oxygen atoms in total. The molecule has 0 spiro atoms. The van der Waals surface area contributed by atoms with Crippen LogP contribution in [0.25, 0.3) is 0 Å². The largest absolute Gasteiger partial charge is 0.493 e. The maximum Gasteiger partial charge on any atom is 0.263 e. The van der Waals surface area contributed by atoms with Crippen molar-refractivity contribution in [3.05, 3.63) is 89.0 Å². The second kappa shape index (κ2) is 10.9. The number of hydrogen-bond donors (Lipinski definition) is 0. The molecule has 0 aliphatic carbocycles. The third kappa shape index (κ3) is 4.74. The molecule has 1 unspecified atom stereocenters. The van der Waals surface area contributed by atoms with E-state index in [1.807, 2.05) is 18.2 Å². The first-order chi connectivity index (χ1) is 18.4. The number of nitrogens with zero attached hydrogens (tertiary/aromatic N) is 3. The molecular formula is C31H35N3O4. The van der Waals surface area contributed by atoms with E-state index in [-0.39, 0.29) is 18.4 Å². The highest BCUT2D eigenvalue weighted by Gasteiger charge is 2.39. The van der Waals surface area contributed by atoms with Gasteiger partial charge in [-0.2, -0.15) is 0 Å². The van der Waals surface area contributed by atoms with Gasteiger partial charge in [-0.25, -0.2) is 0 Å². The highest BCUT2D eigenvalue weighted by atomic mass is 16.5. The predicted molar refractivity (Wildman–Crippen MR) is 148 cm³/mol. The Morgan fingerprint density at radius 3 is 2.16 bits per heavy atom. The first kappa shape index (κ1) is 25.8. The van der Waals surface area contributed by atoms with Crippen LogP contribution >= 0.6 is 0 Å². The summed E-state index contributed by atoms with van der Waals surface area (Å²) in [6.45, 7) is 8.08. The molecule has 1 saturated heterocycles. The Bertz CT molecular complexity index is 1320. The maximum atomic E-state index is 13.6. The minimum atomic E-state index is -0.260. The molecule has 5 rings (SSSR count). The Morgan fingerprint density at radius 1 is 0.789 bits per heavy atom. The zero-order chi connectivity index (χ0) is 26.8. The molecule has 2 amide bonds. The van der Waals surface area contributed by atoms with E-state index in [1.54, 1.807) is 32.4 Å². The third-order valence-electron chi connectivity index (χ3n) is 7.59. The van der Waals surface area contributed by atoms with Gasteiger partial charge < -0.3 is 14.4 Å². The van der Waals surface area contributed by atoms with Gasteiger partial charge in [-0.15, -0.1) is 0 Å². The van der Waals surface area contributed by atoms with Gasteiger partial charge >= 0.3 is 0 Å². The van der Waals surface area contributed by atoms with Crippen LogP contribution in [0, 0.1) is 5.92 Å². The number of methoxy groups -OCH3 is 2. The van der Waals surface area contributed by atoms with Crippen LogP contribution in [0.1, 0.15) is 51.7 Å². The average Bonchev–Trinajstić information content (AvgIpc) is 3.18. The van der Waals surface area contributed by atoms with E-state index in [9.17, 15) is 9.59 Å². The topological polar surface area (TPSA) is 62.3 Å². The number of carbonyl (C=O) groups excluding carboxylic acids is 2. The molecule has 2 aliphatic rings. The summed E-state index contributed by atoms with van der Waals surface area (Å²) >= 11 is 0. The lowest BCUT2D eigenvalue weighted by Gasteiger charge is -2.42. The number of fused-ring (bicyclic) bond motifs is 1. The summed E-state index contributed by atoms with van der Waals surface area (Å²) in [6, 6.07) is 22.1. The fourth-order valence-corrected chi connectivity index (χ4v) is 5.79. The van der Waals surface area contributed by atoms with E-state index in [0.717, 1.165) is 37.4 Å². The highest BCUT2D eigenvalue weighted by Crippen LogP contribution is 2.36. The van der Waals surface area contributed by atoms with Gasteiger partial charge in [0.25, 0.3) is 11.8 Å². The lowest BCUT2D eigenvalue weighted by molar-refractivity contribution is 0.0642. The molecule has 7 heteroatoms. The zero-order valence-corrected chi connectivity index (χ0v) is 22.5. The maximum absolute atomic E-state index is 13.6. The summed E-state index contributed by atoms with van der Waals surface area (Å²) in [6.07, 6.45) is 0. The molecule has 2 aliphatic heterocycles. The van der Waals surface area contributed by atoms with Crippen molar-refractivity contribution in [3.8, 4) is 11.5 Å². The van der Waals surface area contributed by atoms with Crippen LogP contribution in [0.15, 0.2) is 66.7 Å². The van der Waals surface area contributed by atoms with E-state index in [0.29, 0.717) is 34.6 Å². The van der Waals surface area contributed by atoms with Crippen molar-refractivity contribution < 1.29 is 19.1 Å². The van der Waals surface area contributed by atoms with Crippen LogP contribution in [0.3, 0.4) is 0 Å². The molecule has 0 saturated carbocycles. The molecule has 2 heterocycles. The normalized spacial score (nSPS) is 16.7. The van der Waals surface area contributed by atoms with Gasteiger partial charge in [-0.3, -0.25) is 19.4 Å². The Balaban J connectivity index is 1.34. The number of amides is 2. The third-order valence-corrected chi connectivity index (χ3v) is 7.59. The Labute approximate surface area is 224 Å². The number of benzene rings is 3. The van der Waals surface area contributed by atoms with E-state index < -0.39 is 0 Å². The van der Waals surface area contributed by atoms with Crippen LogP contribution in [0.4, 0.5) is 5.69 Å². The minimum absolute atomic E-state index is 0.174. The van der Waals surface area contributed by atoms with Crippen molar-refractivity contribution >= 4 is 17.5 Å². The Morgan fingerprint density at radius 2 is 1.50 bits per heavy atom. The highest BCUT2D eigenvalue weighted by molar-refractivity contribution is 6.23. The monoisotopic (exact) mass is 513 g/mol. The van der Waals surface area contributed by atoms with Crippen molar-refractivity contribution in [1.29, 1.82) is 0 Å². The number of ether oxygens (including phenoxy) is 2. The van der Waals surface area contributed by atoms with Crippen molar-refractivity contribution in [2.45, 2.75) is 26.4 Å². The van der Waals surface area contributed by atoms with E-state index in [2.05, 4.69) is 54.0 Å². The molecule has 0 N–H and O–H groups in total. The van der Waals surface area contributed by atoms with Crippen LogP contribution in [-0.4, -0.2) is 62.0 Å². The summed E-state index contributed by atoms with van der Waals surface area (Å²) in [5.74, 6) is 1.14. The molecule has 198 valence electrons. The van der Waals surface area contributed by atoms with Gasteiger partial charge in [0.1, 0.15) is 0 Å². The number of anilines is 1. The van der Waals surface area contributed by atoms with Crippen LogP contribution in [-0.2, 0) is 6.54 Å². The van der Waals surface area contributed by atoms with Crippen molar-refractivity contribution in [3.63, 3.8) is 0 Å². The number of hydrogen-bond acceptors (Lipinski definition) is 6. The smallest absolute Gasteiger partial charge is 0.263 e. The van der Waals surface area contributed by atoms with Crippen molar-refractivity contribution in [1.82, 2.24) is 9.80 Å². The summed E-state index contributed by atoms with van der Waals surface area (Å²) in [7, 11) is 3.15. The Kier molecular flexibility index (Phi) is 7.38. The van der Waals surface area contributed by atoms with Crippen LogP contribution in [0.2, 0.25) is 0 Å². The first-order valence-electron chi connectivity index (χ1n) is 13.2. The summed E-state index contributed by atoms with van der Waals surface area (Å²) in [4.78, 5) is 33.1. The van der Waals surface area contributed by atoms with Gasteiger partial charge in [0.15, 0.2) is 11.5 Å². The second-order valence-electron chi connectivity index (χ2n) is 10.2. The van der Waals surface area contributed by atoms with E-state index in [4.69, 9.17) is 9.47 Å². The molecule has 1 fully saturated rings. The fourth-order valence-electron chi connectivity index (χ4n) is 5.79. The summed E-state index contributed by atoms with van der Waals surface area (Å²) in [5.41, 5.74) is 3.96. The first-order valence-corrected chi connectivity index (χ1v) is 13.2. The number of piperazine rings is 1. The van der Waals surface area contributed by atoms with Gasteiger partial charge in [0.05, 0.1) is 37.6 Å². The average molecular weight is 514 g/mol.